The van der Waals surface area contributed by atoms with Gasteiger partial charge in [0.1, 0.15) is 0 Å². The van der Waals surface area contributed by atoms with Crippen LogP contribution < -0.4 is 10.6 Å². The summed E-state index contributed by atoms with van der Waals surface area (Å²) in [6, 6.07) is 13.1. The van der Waals surface area contributed by atoms with Crippen molar-refractivity contribution in [2.75, 3.05) is 27.7 Å². The average molecular weight is 458 g/mol. The zero-order valence-corrected chi connectivity index (χ0v) is 17.7. The molecular formula is C18H27IN4S. The van der Waals surface area contributed by atoms with Crippen molar-refractivity contribution in [2.45, 2.75) is 19.0 Å². The molecule has 24 heavy (non-hydrogen) atoms. The van der Waals surface area contributed by atoms with Crippen LogP contribution in [0.25, 0.3) is 0 Å². The minimum atomic E-state index is 0. The molecule has 6 heteroatoms. The molecule has 1 aromatic carbocycles. The molecule has 0 fully saturated rings. The summed E-state index contributed by atoms with van der Waals surface area (Å²) in [4.78, 5) is 6.56. The molecule has 0 bridgehead atoms. The molecule has 2 N–H and O–H groups in total. The number of nitrogens with zero attached hydrogens (tertiary/aromatic N) is 2. The fraction of sp³-hybridized carbons (Fsp3) is 0.389. The molecule has 2 rings (SSSR count). The lowest BCUT2D eigenvalue weighted by Gasteiger charge is -2.25. The van der Waals surface area contributed by atoms with Gasteiger partial charge in [0, 0.05) is 26.2 Å². The third-order valence-corrected chi connectivity index (χ3v) is 4.55. The first-order chi connectivity index (χ1) is 11.2. The lowest BCUT2D eigenvalue weighted by atomic mass is 10.1. The lowest BCUT2D eigenvalue weighted by Crippen LogP contribution is -2.45. The number of guanidine groups is 1. The number of halogens is 1. The van der Waals surface area contributed by atoms with Gasteiger partial charge in [-0.05, 0) is 48.5 Å². The van der Waals surface area contributed by atoms with Gasteiger partial charge in [0.25, 0.3) is 0 Å². The average Bonchev–Trinajstić information content (AvgIpc) is 3.08. The number of likely N-dealkylation sites (N-methyl/N-ethyl adjacent to an activating group) is 1. The zero-order chi connectivity index (χ0) is 16.5. The monoisotopic (exact) mass is 458 g/mol. The van der Waals surface area contributed by atoms with Gasteiger partial charge in [-0.2, -0.15) is 11.3 Å². The van der Waals surface area contributed by atoms with Gasteiger partial charge in [0.15, 0.2) is 5.96 Å². The number of nitrogens with one attached hydrogen (secondary N) is 2. The van der Waals surface area contributed by atoms with E-state index in [0.29, 0.717) is 6.04 Å². The van der Waals surface area contributed by atoms with Crippen molar-refractivity contribution in [3.63, 3.8) is 0 Å². The van der Waals surface area contributed by atoms with Crippen molar-refractivity contribution in [2.24, 2.45) is 4.99 Å². The number of hydrogen-bond donors (Lipinski definition) is 2. The van der Waals surface area contributed by atoms with Crippen LogP contribution in [-0.2, 0) is 13.0 Å². The summed E-state index contributed by atoms with van der Waals surface area (Å²) < 4.78 is 0. The van der Waals surface area contributed by atoms with Gasteiger partial charge < -0.3 is 15.5 Å². The van der Waals surface area contributed by atoms with E-state index in [4.69, 9.17) is 0 Å². The van der Waals surface area contributed by atoms with Gasteiger partial charge >= 0.3 is 0 Å². The minimum absolute atomic E-state index is 0. The Morgan fingerprint density at radius 2 is 1.88 bits per heavy atom. The van der Waals surface area contributed by atoms with Crippen molar-refractivity contribution in [3.05, 3.63) is 58.3 Å². The van der Waals surface area contributed by atoms with Crippen molar-refractivity contribution < 1.29 is 0 Å². The van der Waals surface area contributed by atoms with Crippen molar-refractivity contribution in [1.29, 1.82) is 0 Å². The number of aliphatic imine (C=N–C) groups is 1. The van der Waals surface area contributed by atoms with Gasteiger partial charge in [-0.3, -0.25) is 4.99 Å². The quantitative estimate of drug-likeness (QED) is 0.381. The van der Waals surface area contributed by atoms with Crippen LogP contribution in [0.15, 0.2) is 52.2 Å². The summed E-state index contributed by atoms with van der Waals surface area (Å²) in [6.45, 7) is 1.65. The first-order valence-corrected chi connectivity index (χ1v) is 8.79. The third kappa shape index (κ3) is 7.19. The molecular weight excluding hydrogens is 431 g/mol. The van der Waals surface area contributed by atoms with Crippen LogP contribution in [-0.4, -0.2) is 44.6 Å². The van der Waals surface area contributed by atoms with E-state index in [9.17, 15) is 0 Å². The van der Waals surface area contributed by atoms with E-state index < -0.39 is 0 Å². The lowest BCUT2D eigenvalue weighted by molar-refractivity contribution is 0.290. The maximum Gasteiger partial charge on any atom is 0.191 e. The van der Waals surface area contributed by atoms with E-state index in [1.807, 2.05) is 7.05 Å². The molecule has 132 valence electrons. The number of hydrogen-bond acceptors (Lipinski definition) is 3. The van der Waals surface area contributed by atoms with E-state index in [2.05, 4.69) is 81.8 Å². The third-order valence-electron chi connectivity index (χ3n) is 3.81. The fourth-order valence-corrected chi connectivity index (χ4v) is 3.01. The second kappa shape index (κ2) is 11.4. The molecule has 1 aromatic heterocycles. The van der Waals surface area contributed by atoms with E-state index in [0.717, 1.165) is 25.5 Å². The van der Waals surface area contributed by atoms with Gasteiger partial charge in [-0.25, -0.2) is 0 Å². The molecule has 0 aliphatic rings. The molecule has 0 saturated carbocycles. The molecule has 0 aliphatic heterocycles. The maximum absolute atomic E-state index is 4.31. The Balaban J connectivity index is 0.00000288. The van der Waals surface area contributed by atoms with Gasteiger partial charge in [0.2, 0.25) is 0 Å². The van der Waals surface area contributed by atoms with E-state index in [1.54, 1.807) is 11.3 Å². The van der Waals surface area contributed by atoms with Crippen LogP contribution in [0.3, 0.4) is 0 Å². The van der Waals surface area contributed by atoms with E-state index >= 15 is 0 Å². The predicted octanol–water partition coefficient (Wildman–Crippen LogP) is 3.20. The molecule has 1 heterocycles. The molecule has 0 radical (unpaired) electrons. The van der Waals surface area contributed by atoms with Crippen molar-refractivity contribution in [3.8, 4) is 0 Å². The summed E-state index contributed by atoms with van der Waals surface area (Å²) in [6.07, 6.45) is 1.02. The van der Waals surface area contributed by atoms with E-state index in [1.165, 1.54) is 11.1 Å². The number of benzene rings is 1. The molecule has 0 aliphatic carbocycles. The summed E-state index contributed by atoms with van der Waals surface area (Å²) in [5, 5.41) is 11.0. The van der Waals surface area contributed by atoms with Crippen molar-refractivity contribution in [1.82, 2.24) is 15.5 Å². The first-order valence-electron chi connectivity index (χ1n) is 7.85. The highest BCUT2D eigenvalue weighted by molar-refractivity contribution is 14.0. The van der Waals surface area contributed by atoms with Crippen LogP contribution in [0.5, 0.6) is 0 Å². The van der Waals surface area contributed by atoms with Gasteiger partial charge in [-0.1, -0.05) is 30.3 Å². The highest BCUT2D eigenvalue weighted by Gasteiger charge is 2.13. The van der Waals surface area contributed by atoms with Crippen LogP contribution in [0.2, 0.25) is 0 Å². The smallest absolute Gasteiger partial charge is 0.191 e. The summed E-state index contributed by atoms with van der Waals surface area (Å²) in [5.41, 5.74) is 2.64. The van der Waals surface area contributed by atoms with Crippen LogP contribution in [0, 0.1) is 0 Å². The Morgan fingerprint density at radius 3 is 2.46 bits per heavy atom. The van der Waals surface area contributed by atoms with Crippen LogP contribution >= 0.6 is 35.3 Å². The maximum atomic E-state index is 4.31. The standard InChI is InChI=1S/C18H26N4S.HI/c1-19-18(20-12-16-9-10-23-14-16)21-13-17(22(2)3)11-15-7-5-4-6-8-15;/h4-10,14,17H,11-13H2,1-3H3,(H2,19,20,21);1H. The highest BCUT2D eigenvalue weighted by atomic mass is 127. The topological polar surface area (TPSA) is 39.7 Å². The van der Waals surface area contributed by atoms with E-state index in [-0.39, 0.29) is 24.0 Å². The summed E-state index contributed by atoms with van der Waals surface area (Å²) in [5.74, 6) is 0.844. The molecule has 1 unspecified atom stereocenters. The van der Waals surface area contributed by atoms with Crippen LogP contribution in [0.4, 0.5) is 0 Å². The fourth-order valence-electron chi connectivity index (χ4n) is 2.34. The first kappa shape index (κ1) is 20.9. The Morgan fingerprint density at radius 1 is 1.12 bits per heavy atom. The number of thiophene rings is 1. The molecule has 2 aromatic rings. The van der Waals surface area contributed by atoms with Crippen LogP contribution in [0.1, 0.15) is 11.1 Å². The molecule has 0 spiro atoms. The Labute approximate surface area is 166 Å². The predicted molar refractivity (Wildman–Crippen MR) is 116 cm³/mol. The SMILES string of the molecule is CN=C(NCc1ccsc1)NCC(Cc1ccccc1)N(C)C.I. The Bertz CT molecular complexity index is 584. The van der Waals surface area contributed by atoms with Gasteiger partial charge in [-0.15, -0.1) is 24.0 Å². The summed E-state index contributed by atoms with van der Waals surface area (Å²) >= 11 is 1.72. The normalized spacial score (nSPS) is 12.6. The zero-order valence-electron chi connectivity index (χ0n) is 14.5. The molecule has 0 amide bonds. The summed E-state index contributed by atoms with van der Waals surface area (Å²) in [7, 11) is 6.05. The number of rotatable bonds is 7. The largest absolute Gasteiger partial charge is 0.355 e. The minimum Gasteiger partial charge on any atom is -0.355 e. The van der Waals surface area contributed by atoms with Gasteiger partial charge in [0.05, 0.1) is 0 Å². The molecule has 0 saturated heterocycles. The second-order valence-corrected chi connectivity index (χ2v) is 6.53. The molecule has 1 atom stereocenters. The Hall–Kier alpha value is -1.12. The van der Waals surface area contributed by atoms with Crippen molar-refractivity contribution >= 4 is 41.3 Å². The highest BCUT2D eigenvalue weighted by Crippen LogP contribution is 2.07. The second-order valence-electron chi connectivity index (χ2n) is 5.75. The molecule has 4 nitrogen and oxygen atoms in total. The Kier molecular flexibility index (Phi) is 9.97.